The highest BCUT2D eigenvalue weighted by molar-refractivity contribution is 5.69. The van der Waals surface area contributed by atoms with E-state index >= 15 is 0 Å². The number of amides is 1. The number of aromatic nitrogens is 1. The smallest absolute Gasteiger partial charge is 0.410 e. The van der Waals surface area contributed by atoms with Crippen LogP contribution in [0.2, 0.25) is 0 Å². The molecule has 1 aromatic carbocycles. The van der Waals surface area contributed by atoms with Gasteiger partial charge in [0.2, 0.25) is 0 Å². The molecule has 0 unspecified atom stereocenters. The van der Waals surface area contributed by atoms with E-state index < -0.39 is 0 Å². The number of piperazine rings is 1. The fourth-order valence-electron chi connectivity index (χ4n) is 4.06. The highest BCUT2D eigenvalue weighted by atomic mass is 16.6. The number of benzene rings is 1. The summed E-state index contributed by atoms with van der Waals surface area (Å²) in [7, 11) is 2.15. The molecule has 148 valence electrons. The predicted octanol–water partition coefficient (Wildman–Crippen LogP) is 3.31. The number of nitrogens with zero attached hydrogens (tertiary/aromatic N) is 4. The lowest BCUT2D eigenvalue weighted by molar-refractivity contribution is 0.0921. The van der Waals surface area contributed by atoms with Crippen LogP contribution in [0.25, 0.3) is 0 Å². The summed E-state index contributed by atoms with van der Waals surface area (Å²) < 4.78 is 5.61. The van der Waals surface area contributed by atoms with Crippen molar-refractivity contribution in [1.82, 2.24) is 14.8 Å². The van der Waals surface area contributed by atoms with Crippen LogP contribution in [0.1, 0.15) is 30.0 Å². The zero-order valence-electron chi connectivity index (χ0n) is 16.5. The molecule has 1 amide bonds. The summed E-state index contributed by atoms with van der Waals surface area (Å²) in [5, 5.41) is 0. The van der Waals surface area contributed by atoms with Crippen LogP contribution in [0, 0.1) is 0 Å². The van der Waals surface area contributed by atoms with E-state index in [0.29, 0.717) is 6.61 Å². The lowest BCUT2D eigenvalue weighted by Gasteiger charge is -2.35. The number of hydrogen-bond acceptors (Lipinski definition) is 5. The lowest BCUT2D eigenvalue weighted by atomic mass is 10.0. The molecule has 0 aliphatic carbocycles. The molecule has 0 saturated carbocycles. The van der Waals surface area contributed by atoms with E-state index in [1.165, 1.54) is 0 Å². The molecule has 0 spiro atoms. The SMILES string of the molecule is CN1CCN(c2ncccc2[C@H]2CCCN2C(=O)OCc2ccccc2)CC1. The third-order valence-electron chi connectivity index (χ3n) is 5.67. The second-order valence-electron chi connectivity index (χ2n) is 7.60. The standard InChI is InChI=1S/C22H28N4O2/c1-24-13-15-25(16-14-24)21-19(9-5-11-23-21)20-10-6-12-26(20)22(27)28-17-18-7-3-2-4-8-18/h2-5,7-9,11,20H,6,10,12-17H2,1H3/t20-/m1/s1. The summed E-state index contributed by atoms with van der Waals surface area (Å²) >= 11 is 0. The number of carbonyl (C=O) groups is 1. The number of pyridine rings is 1. The summed E-state index contributed by atoms with van der Waals surface area (Å²) in [4.78, 5) is 24.0. The first kappa shape index (κ1) is 18.7. The van der Waals surface area contributed by atoms with Gasteiger partial charge < -0.3 is 19.4 Å². The van der Waals surface area contributed by atoms with Gasteiger partial charge in [-0.2, -0.15) is 0 Å². The molecule has 2 saturated heterocycles. The van der Waals surface area contributed by atoms with Gasteiger partial charge >= 0.3 is 6.09 Å². The molecule has 2 aromatic rings. The Labute approximate surface area is 166 Å². The van der Waals surface area contributed by atoms with E-state index in [2.05, 4.69) is 27.9 Å². The number of likely N-dealkylation sites (tertiary alicyclic amines) is 1. The molecule has 6 heteroatoms. The number of carbonyl (C=O) groups excluding carboxylic acids is 1. The number of anilines is 1. The summed E-state index contributed by atoms with van der Waals surface area (Å²) in [5.41, 5.74) is 2.15. The molecule has 6 nitrogen and oxygen atoms in total. The van der Waals surface area contributed by atoms with Crippen molar-refractivity contribution in [3.05, 3.63) is 59.8 Å². The van der Waals surface area contributed by atoms with Crippen molar-refractivity contribution < 1.29 is 9.53 Å². The van der Waals surface area contributed by atoms with E-state index in [-0.39, 0.29) is 12.1 Å². The van der Waals surface area contributed by atoms with Gasteiger partial charge in [-0.15, -0.1) is 0 Å². The maximum atomic E-state index is 12.8. The van der Waals surface area contributed by atoms with E-state index in [9.17, 15) is 4.79 Å². The van der Waals surface area contributed by atoms with Gasteiger partial charge in [-0.25, -0.2) is 9.78 Å². The summed E-state index contributed by atoms with van der Waals surface area (Å²) in [6.07, 6.45) is 3.55. The summed E-state index contributed by atoms with van der Waals surface area (Å²) in [5.74, 6) is 1.02. The molecule has 0 N–H and O–H groups in total. The monoisotopic (exact) mass is 380 g/mol. The Morgan fingerprint density at radius 1 is 1.07 bits per heavy atom. The van der Waals surface area contributed by atoms with Crippen molar-refractivity contribution in [1.29, 1.82) is 0 Å². The minimum atomic E-state index is -0.237. The van der Waals surface area contributed by atoms with Crippen LogP contribution >= 0.6 is 0 Å². The van der Waals surface area contributed by atoms with Gasteiger partial charge in [-0.3, -0.25) is 0 Å². The fraction of sp³-hybridized carbons (Fsp3) is 0.455. The molecular weight excluding hydrogens is 352 g/mol. The highest BCUT2D eigenvalue weighted by Gasteiger charge is 2.34. The van der Waals surface area contributed by atoms with E-state index in [4.69, 9.17) is 4.74 Å². The molecule has 0 radical (unpaired) electrons. The number of hydrogen-bond donors (Lipinski definition) is 0. The van der Waals surface area contributed by atoms with Crippen LogP contribution in [0.3, 0.4) is 0 Å². The van der Waals surface area contributed by atoms with Gasteiger partial charge in [0.1, 0.15) is 12.4 Å². The zero-order chi connectivity index (χ0) is 19.3. The number of rotatable bonds is 4. The quantitative estimate of drug-likeness (QED) is 0.815. The van der Waals surface area contributed by atoms with E-state index in [0.717, 1.165) is 62.5 Å². The minimum Gasteiger partial charge on any atom is -0.445 e. The van der Waals surface area contributed by atoms with Crippen LogP contribution in [-0.4, -0.2) is 60.6 Å². The molecule has 1 atom stereocenters. The summed E-state index contributed by atoms with van der Waals surface area (Å²) in [6.45, 7) is 5.03. The van der Waals surface area contributed by atoms with E-state index in [1.54, 1.807) is 0 Å². The third kappa shape index (κ3) is 4.12. The van der Waals surface area contributed by atoms with Crippen LogP contribution in [0.4, 0.5) is 10.6 Å². The second-order valence-corrected chi connectivity index (χ2v) is 7.60. The average Bonchev–Trinajstić information content (AvgIpc) is 3.23. The molecular formula is C22H28N4O2. The first-order valence-corrected chi connectivity index (χ1v) is 10.1. The molecule has 1 aromatic heterocycles. The maximum absolute atomic E-state index is 12.8. The normalized spacial score (nSPS) is 20.4. The number of ether oxygens (including phenoxy) is 1. The van der Waals surface area contributed by atoms with Gasteiger partial charge in [-0.05, 0) is 31.5 Å². The van der Waals surface area contributed by atoms with Crippen molar-refractivity contribution in [3.8, 4) is 0 Å². The minimum absolute atomic E-state index is 0.0339. The summed E-state index contributed by atoms with van der Waals surface area (Å²) in [6, 6.07) is 14.0. The zero-order valence-corrected chi connectivity index (χ0v) is 16.5. The van der Waals surface area contributed by atoms with Gasteiger partial charge in [0.15, 0.2) is 0 Å². The second kappa shape index (κ2) is 8.61. The van der Waals surface area contributed by atoms with Gasteiger partial charge in [0.05, 0.1) is 6.04 Å². The van der Waals surface area contributed by atoms with Crippen LogP contribution in [0.5, 0.6) is 0 Å². The molecule has 2 aliphatic rings. The van der Waals surface area contributed by atoms with Crippen LogP contribution in [0.15, 0.2) is 48.7 Å². The predicted molar refractivity (Wildman–Crippen MR) is 109 cm³/mol. The first-order valence-electron chi connectivity index (χ1n) is 10.1. The fourth-order valence-corrected chi connectivity index (χ4v) is 4.06. The molecule has 2 fully saturated rings. The Morgan fingerprint density at radius 3 is 2.64 bits per heavy atom. The largest absolute Gasteiger partial charge is 0.445 e. The lowest BCUT2D eigenvalue weighted by Crippen LogP contribution is -2.45. The Hall–Kier alpha value is -2.60. The van der Waals surface area contributed by atoms with Crippen LogP contribution < -0.4 is 4.90 Å². The Balaban J connectivity index is 1.48. The van der Waals surface area contributed by atoms with Gasteiger partial charge in [0, 0.05) is 44.5 Å². The van der Waals surface area contributed by atoms with Crippen molar-refractivity contribution >= 4 is 11.9 Å². The number of likely N-dealkylation sites (N-methyl/N-ethyl adjacent to an activating group) is 1. The molecule has 2 aliphatic heterocycles. The van der Waals surface area contributed by atoms with Crippen molar-refractivity contribution in [2.75, 3.05) is 44.7 Å². The average molecular weight is 380 g/mol. The Morgan fingerprint density at radius 2 is 1.86 bits per heavy atom. The van der Waals surface area contributed by atoms with Crippen molar-refractivity contribution in [2.45, 2.75) is 25.5 Å². The van der Waals surface area contributed by atoms with Crippen molar-refractivity contribution in [2.24, 2.45) is 0 Å². The Bertz CT molecular complexity index is 790. The van der Waals surface area contributed by atoms with E-state index in [1.807, 2.05) is 47.5 Å². The highest BCUT2D eigenvalue weighted by Crippen LogP contribution is 2.37. The molecule has 4 rings (SSSR count). The van der Waals surface area contributed by atoms with Gasteiger partial charge in [-0.1, -0.05) is 36.4 Å². The molecule has 28 heavy (non-hydrogen) atoms. The van der Waals surface area contributed by atoms with Crippen LogP contribution in [-0.2, 0) is 11.3 Å². The Kier molecular flexibility index (Phi) is 5.76. The van der Waals surface area contributed by atoms with Gasteiger partial charge in [0.25, 0.3) is 0 Å². The topological polar surface area (TPSA) is 48.9 Å². The molecule has 0 bridgehead atoms. The molecule has 3 heterocycles. The first-order chi connectivity index (χ1) is 13.7. The third-order valence-corrected chi connectivity index (χ3v) is 5.67. The maximum Gasteiger partial charge on any atom is 0.410 e. The van der Waals surface area contributed by atoms with Crippen molar-refractivity contribution in [3.63, 3.8) is 0 Å².